The Morgan fingerprint density at radius 2 is 2.15 bits per heavy atom. The van der Waals surface area contributed by atoms with Crippen molar-refractivity contribution in [3.05, 3.63) is 16.1 Å². The molecule has 0 aliphatic rings. The van der Waals surface area contributed by atoms with Gasteiger partial charge in [-0.3, -0.25) is 4.79 Å². The van der Waals surface area contributed by atoms with E-state index < -0.39 is 5.97 Å². The first-order chi connectivity index (χ1) is 9.62. The molecule has 0 spiro atoms. The highest BCUT2D eigenvalue weighted by Gasteiger charge is 2.16. The summed E-state index contributed by atoms with van der Waals surface area (Å²) in [4.78, 5) is 29.2. The van der Waals surface area contributed by atoms with Gasteiger partial charge in [-0.25, -0.2) is 9.78 Å². The van der Waals surface area contributed by atoms with Crippen molar-refractivity contribution in [2.24, 2.45) is 0 Å². The van der Waals surface area contributed by atoms with Gasteiger partial charge in [0.2, 0.25) is 5.91 Å². The molecule has 0 N–H and O–H groups in total. The van der Waals surface area contributed by atoms with Crippen molar-refractivity contribution in [3.63, 3.8) is 0 Å². The van der Waals surface area contributed by atoms with Crippen LogP contribution in [-0.4, -0.2) is 48.6 Å². The Balaban J connectivity index is 2.68. The Morgan fingerprint density at radius 3 is 2.75 bits per heavy atom. The number of thiazole rings is 1. The van der Waals surface area contributed by atoms with Crippen LogP contribution in [0, 0.1) is 0 Å². The Hall–Kier alpha value is -1.47. The number of rotatable bonds is 8. The number of hydrogen-bond donors (Lipinski definition) is 0. The van der Waals surface area contributed by atoms with Crippen molar-refractivity contribution in [2.75, 3.05) is 26.9 Å². The topological polar surface area (TPSA) is 68.7 Å². The van der Waals surface area contributed by atoms with E-state index in [-0.39, 0.29) is 5.91 Å². The Bertz CT molecular complexity index is 447. The molecule has 0 saturated heterocycles. The average molecular weight is 300 g/mol. The summed E-state index contributed by atoms with van der Waals surface area (Å²) in [5, 5.41) is 2.36. The molecule has 1 amide bonds. The smallest absolute Gasteiger partial charge is 0.357 e. The average Bonchev–Trinajstić information content (AvgIpc) is 2.91. The Labute approximate surface area is 122 Å². The molecule has 7 heteroatoms. The van der Waals surface area contributed by atoms with E-state index in [1.54, 1.807) is 24.3 Å². The van der Waals surface area contributed by atoms with Crippen LogP contribution in [0.5, 0.6) is 0 Å². The van der Waals surface area contributed by atoms with Gasteiger partial charge in [-0.05, 0) is 6.92 Å². The number of nitrogens with zero attached hydrogens (tertiary/aromatic N) is 2. The minimum atomic E-state index is -0.430. The van der Waals surface area contributed by atoms with E-state index >= 15 is 0 Å². The van der Waals surface area contributed by atoms with Gasteiger partial charge in [0.15, 0.2) is 5.69 Å². The van der Waals surface area contributed by atoms with Crippen LogP contribution in [0.1, 0.15) is 35.8 Å². The van der Waals surface area contributed by atoms with Crippen LogP contribution in [0.2, 0.25) is 0 Å². The van der Waals surface area contributed by atoms with Crippen LogP contribution >= 0.6 is 11.3 Å². The molecule has 6 nitrogen and oxygen atoms in total. The molecule has 0 fully saturated rings. The maximum Gasteiger partial charge on any atom is 0.357 e. The van der Waals surface area contributed by atoms with Crippen molar-refractivity contribution in [3.8, 4) is 0 Å². The summed E-state index contributed by atoms with van der Waals surface area (Å²) in [6.07, 6.45) is 0.430. The van der Waals surface area contributed by atoms with E-state index in [0.717, 1.165) is 0 Å². The molecular formula is C13H20N2O4S. The van der Waals surface area contributed by atoms with E-state index in [1.165, 1.54) is 11.3 Å². The van der Waals surface area contributed by atoms with E-state index in [2.05, 4.69) is 4.98 Å². The lowest BCUT2D eigenvalue weighted by molar-refractivity contribution is -0.132. The fourth-order valence-electron chi connectivity index (χ4n) is 1.56. The number of carbonyl (C=O) groups is 2. The standard InChI is InChI=1S/C13H20N2O4S/c1-4-12(16)15(6-7-18-3)8-11-14-10(9-20-11)13(17)19-5-2/h9H,4-8H2,1-3H3. The third kappa shape index (κ3) is 4.90. The lowest BCUT2D eigenvalue weighted by atomic mass is 10.3. The number of amides is 1. The molecule has 0 radical (unpaired) electrons. The normalized spacial score (nSPS) is 10.3. The van der Waals surface area contributed by atoms with Gasteiger partial charge in [-0.15, -0.1) is 11.3 Å². The fraction of sp³-hybridized carbons (Fsp3) is 0.615. The van der Waals surface area contributed by atoms with Gasteiger partial charge in [-0.2, -0.15) is 0 Å². The monoisotopic (exact) mass is 300 g/mol. The fourth-order valence-corrected chi connectivity index (χ4v) is 2.34. The van der Waals surface area contributed by atoms with E-state index in [9.17, 15) is 9.59 Å². The molecule has 0 atom stereocenters. The zero-order valence-corrected chi connectivity index (χ0v) is 12.9. The van der Waals surface area contributed by atoms with Crippen molar-refractivity contribution in [1.82, 2.24) is 9.88 Å². The van der Waals surface area contributed by atoms with Gasteiger partial charge in [0.05, 0.1) is 19.8 Å². The third-order valence-corrected chi connectivity index (χ3v) is 3.42. The van der Waals surface area contributed by atoms with Crippen molar-refractivity contribution >= 4 is 23.2 Å². The molecule has 0 aliphatic carbocycles. The minimum Gasteiger partial charge on any atom is -0.461 e. The molecule has 0 aliphatic heterocycles. The number of carbonyl (C=O) groups excluding carboxylic acids is 2. The first-order valence-corrected chi connectivity index (χ1v) is 7.38. The molecule has 0 saturated carbocycles. The lowest BCUT2D eigenvalue weighted by Gasteiger charge is -2.20. The van der Waals surface area contributed by atoms with Crippen LogP contribution < -0.4 is 0 Å². The quantitative estimate of drug-likeness (QED) is 0.684. The van der Waals surface area contributed by atoms with E-state index in [0.29, 0.717) is 43.4 Å². The van der Waals surface area contributed by atoms with Crippen LogP contribution in [-0.2, 0) is 20.8 Å². The second kappa shape index (κ2) is 8.65. The van der Waals surface area contributed by atoms with Gasteiger partial charge >= 0.3 is 5.97 Å². The van der Waals surface area contributed by atoms with Crippen molar-refractivity contribution in [2.45, 2.75) is 26.8 Å². The molecule has 1 aromatic rings. The maximum atomic E-state index is 11.8. The SMILES string of the molecule is CCOC(=O)c1csc(CN(CCOC)C(=O)CC)n1. The van der Waals surface area contributed by atoms with Gasteiger partial charge in [-0.1, -0.05) is 6.92 Å². The molecule has 20 heavy (non-hydrogen) atoms. The number of hydrogen-bond acceptors (Lipinski definition) is 6. The van der Waals surface area contributed by atoms with Crippen LogP contribution in [0.15, 0.2) is 5.38 Å². The Kier molecular flexibility index (Phi) is 7.17. The zero-order chi connectivity index (χ0) is 15.0. The lowest BCUT2D eigenvalue weighted by Crippen LogP contribution is -2.32. The summed E-state index contributed by atoms with van der Waals surface area (Å²) < 4.78 is 9.88. The summed E-state index contributed by atoms with van der Waals surface area (Å²) in [6.45, 7) is 5.25. The van der Waals surface area contributed by atoms with Gasteiger partial charge in [0, 0.05) is 25.5 Å². The first kappa shape index (κ1) is 16.6. The second-order valence-electron chi connectivity index (χ2n) is 4.01. The predicted molar refractivity (Wildman–Crippen MR) is 75.7 cm³/mol. The third-order valence-electron chi connectivity index (χ3n) is 2.58. The van der Waals surface area contributed by atoms with Gasteiger partial charge < -0.3 is 14.4 Å². The highest BCUT2D eigenvalue weighted by atomic mass is 32.1. The number of ether oxygens (including phenoxy) is 2. The van der Waals surface area contributed by atoms with Crippen LogP contribution in [0.4, 0.5) is 0 Å². The van der Waals surface area contributed by atoms with Gasteiger partial charge in [0.1, 0.15) is 5.01 Å². The summed E-state index contributed by atoms with van der Waals surface area (Å²) in [7, 11) is 1.59. The zero-order valence-electron chi connectivity index (χ0n) is 12.0. The van der Waals surface area contributed by atoms with Crippen molar-refractivity contribution in [1.29, 1.82) is 0 Å². The Morgan fingerprint density at radius 1 is 1.40 bits per heavy atom. The molecule has 0 unspecified atom stereocenters. The highest BCUT2D eigenvalue weighted by molar-refractivity contribution is 7.09. The number of methoxy groups -OCH3 is 1. The summed E-state index contributed by atoms with van der Waals surface area (Å²) in [5.74, 6) is -0.393. The largest absolute Gasteiger partial charge is 0.461 e. The second-order valence-corrected chi connectivity index (χ2v) is 4.95. The number of esters is 1. The van der Waals surface area contributed by atoms with Crippen LogP contribution in [0.25, 0.3) is 0 Å². The molecular weight excluding hydrogens is 280 g/mol. The molecule has 1 aromatic heterocycles. The summed E-state index contributed by atoms with van der Waals surface area (Å²) in [6, 6.07) is 0. The van der Waals surface area contributed by atoms with Crippen LogP contribution in [0.3, 0.4) is 0 Å². The maximum absolute atomic E-state index is 11.8. The molecule has 0 bridgehead atoms. The predicted octanol–water partition coefficient (Wildman–Crippen LogP) is 1.70. The molecule has 112 valence electrons. The van der Waals surface area contributed by atoms with E-state index in [1.807, 2.05) is 6.92 Å². The van der Waals surface area contributed by atoms with Gasteiger partial charge in [0.25, 0.3) is 0 Å². The summed E-state index contributed by atoms with van der Waals surface area (Å²) >= 11 is 1.35. The highest BCUT2D eigenvalue weighted by Crippen LogP contribution is 2.14. The van der Waals surface area contributed by atoms with Crippen molar-refractivity contribution < 1.29 is 19.1 Å². The molecule has 0 aromatic carbocycles. The molecule has 1 heterocycles. The number of aromatic nitrogens is 1. The minimum absolute atomic E-state index is 0.0370. The summed E-state index contributed by atoms with van der Waals surface area (Å²) in [5.41, 5.74) is 0.294. The first-order valence-electron chi connectivity index (χ1n) is 6.50. The molecule has 1 rings (SSSR count). The van der Waals surface area contributed by atoms with E-state index in [4.69, 9.17) is 9.47 Å².